The first-order chi connectivity index (χ1) is 13.1. The fraction of sp³-hybridized carbons (Fsp3) is 0.263. The summed E-state index contributed by atoms with van der Waals surface area (Å²) in [4.78, 5) is 4.48. The number of hydrazine groups is 1. The molecule has 0 spiro atoms. The van der Waals surface area contributed by atoms with Crippen LogP contribution in [-0.2, 0) is 4.74 Å². The number of nitrogens with two attached hydrogens (primary N) is 1. The van der Waals surface area contributed by atoms with Crippen molar-refractivity contribution in [2.24, 2.45) is 11.7 Å². The maximum Gasteiger partial charge on any atom is 0.200 e. The molecular weight excluding hydrogens is 457 g/mol. The van der Waals surface area contributed by atoms with Crippen LogP contribution in [0.25, 0.3) is 0 Å². The van der Waals surface area contributed by atoms with Gasteiger partial charge >= 0.3 is 0 Å². The minimum Gasteiger partial charge on any atom is -0.496 e. The Morgan fingerprint density at radius 2 is 2.15 bits per heavy atom. The highest BCUT2D eigenvalue weighted by Gasteiger charge is 2.49. The maximum atomic E-state index is 9.79. The highest BCUT2D eigenvalue weighted by atomic mass is 127. The number of benzene rings is 1. The molecule has 0 aliphatic carbocycles. The van der Waals surface area contributed by atoms with Crippen molar-refractivity contribution < 1.29 is 9.47 Å². The number of nitrogens with one attached hydrogen (secondary N) is 2. The summed E-state index contributed by atoms with van der Waals surface area (Å²) in [5.74, 6) is 0.627. The molecule has 4 N–H and O–H groups in total. The lowest BCUT2D eigenvalue weighted by molar-refractivity contribution is 0.0338. The Bertz CT molecular complexity index is 927. The third kappa shape index (κ3) is 3.12. The molecule has 4 rings (SSSR count). The second-order valence-corrected chi connectivity index (χ2v) is 7.56. The number of aromatic nitrogens is 1. The molecule has 7 nitrogen and oxygen atoms in total. The zero-order valence-corrected chi connectivity index (χ0v) is 16.7. The molecule has 1 aromatic carbocycles. The topological polar surface area (TPSA) is 105 Å². The minimum absolute atomic E-state index is 0.0916. The van der Waals surface area contributed by atoms with Gasteiger partial charge in [-0.3, -0.25) is 4.98 Å². The van der Waals surface area contributed by atoms with Crippen molar-refractivity contribution in [3.8, 4) is 11.8 Å². The van der Waals surface area contributed by atoms with Gasteiger partial charge in [0.15, 0.2) is 6.23 Å². The van der Waals surface area contributed by atoms with Crippen LogP contribution in [0, 0.1) is 20.8 Å². The van der Waals surface area contributed by atoms with E-state index in [4.69, 9.17) is 15.2 Å². The smallest absolute Gasteiger partial charge is 0.200 e. The number of methoxy groups -OCH3 is 1. The largest absolute Gasteiger partial charge is 0.496 e. The van der Waals surface area contributed by atoms with Gasteiger partial charge in [-0.1, -0.05) is 12.1 Å². The van der Waals surface area contributed by atoms with Gasteiger partial charge in [0, 0.05) is 18.0 Å². The van der Waals surface area contributed by atoms with Gasteiger partial charge in [0.05, 0.1) is 28.0 Å². The molecule has 8 heteroatoms. The monoisotopic (exact) mass is 475 g/mol. The lowest BCUT2D eigenvalue weighted by atomic mass is 9.75. The zero-order chi connectivity index (χ0) is 19.0. The number of hydrogen-bond acceptors (Lipinski definition) is 7. The first kappa shape index (κ1) is 18.0. The van der Waals surface area contributed by atoms with E-state index in [9.17, 15) is 5.26 Å². The summed E-state index contributed by atoms with van der Waals surface area (Å²) < 4.78 is 12.1. The SMILES string of the molecule is COc1ccc(C2C(C#N)=C(N)OC3NNC(c4ccccn4)C32)cc1I. The molecule has 138 valence electrons. The standard InChI is InChI=1S/C19H18IN5O2/c1-26-14-6-5-10(8-12(14)20)15-11(9-21)18(22)27-19-16(15)17(24-25-19)13-4-2-3-7-23-13/h2-8,15-17,19,24-25H,22H2,1H3. The molecule has 0 saturated carbocycles. The van der Waals surface area contributed by atoms with Gasteiger partial charge < -0.3 is 15.2 Å². The summed E-state index contributed by atoms with van der Waals surface area (Å²) in [6.07, 6.45) is 1.40. The predicted molar refractivity (Wildman–Crippen MR) is 107 cm³/mol. The van der Waals surface area contributed by atoms with Crippen molar-refractivity contribution in [2.45, 2.75) is 18.2 Å². The van der Waals surface area contributed by atoms with Gasteiger partial charge in [0.2, 0.25) is 5.88 Å². The van der Waals surface area contributed by atoms with E-state index >= 15 is 0 Å². The Kier molecular flexibility index (Phi) is 4.90. The second kappa shape index (κ2) is 7.34. The molecule has 27 heavy (non-hydrogen) atoms. The number of rotatable bonds is 3. The Morgan fingerprint density at radius 1 is 1.30 bits per heavy atom. The molecular formula is C19H18IN5O2. The quantitative estimate of drug-likeness (QED) is 0.586. The summed E-state index contributed by atoms with van der Waals surface area (Å²) in [7, 11) is 1.64. The van der Waals surface area contributed by atoms with E-state index in [1.54, 1.807) is 13.3 Å². The predicted octanol–water partition coefficient (Wildman–Crippen LogP) is 2.29. The number of ether oxygens (including phenoxy) is 2. The Hall–Kier alpha value is -2.35. The van der Waals surface area contributed by atoms with Crippen LogP contribution in [0.5, 0.6) is 5.75 Å². The first-order valence-electron chi connectivity index (χ1n) is 8.46. The number of pyridine rings is 1. The fourth-order valence-corrected chi connectivity index (χ4v) is 4.54. The highest BCUT2D eigenvalue weighted by molar-refractivity contribution is 14.1. The highest BCUT2D eigenvalue weighted by Crippen LogP contribution is 2.47. The van der Waals surface area contributed by atoms with E-state index in [0.29, 0.717) is 5.57 Å². The average Bonchev–Trinajstić information content (AvgIpc) is 3.10. The summed E-state index contributed by atoms with van der Waals surface area (Å²) in [5, 5.41) is 9.79. The number of fused-ring (bicyclic) bond motifs is 1. The summed E-state index contributed by atoms with van der Waals surface area (Å²) in [5.41, 5.74) is 14.8. The van der Waals surface area contributed by atoms with Crippen LogP contribution < -0.4 is 21.3 Å². The molecule has 4 atom stereocenters. The Balaban J connectivity index is 1.82. The average molecular weight is 475 g/mol. The first-order valence-corrected chi connectivity index (χ1v) is 9.53. The normalized spacial score (nSPS) is 26.9. The second-order valence-electron chi connectivity index (χ2n) is 6.40. The maximum absolute atomic E-state index is 9.79. The molecule has 4 unspecified atom stereocenters. The van der Waals surface area contributed by atoms with E-state index in [0.717, 1.165) is 20.6 Å². The zero-order valence-electron chi connectivity index (χ0n) is 14.5. The lowest BCUT2D eigenvalue weighted by Crippen LogP contribution is -2.41. The van der Waals surface area contributed by atoms with Crippen molar-refractivity contribution in [3.05, 3.63) is 68.9 Å². The Morgan fingerprint density at radius 3 is 2.81 bits per heavy atom. The van der Waals surface area contributed by atoms with E-state index in [1.807, 2.05) is 36.4 Å². The van der Waals surface area contributed by atoms with Gasteiger partial charge in [-0.05, 0) is 52.4 Å². The summed E-state index contributed by atoms with van der Waals surface area (Å²) >= 11 is 2.23. The summed E-state index contributed by atoms with van der Waals surface area (Å²) in [6, 6.07) is 13.8. The van der Waals surface area contributed by atoms with E-state index < -0.39 is 0 Å². The molecule has 0 bridgehead atoms. The van der Waals surface area contributed by atoms with Crippen LogP contribution in [0.15, 0.2) is 54.1 Å². The van der Waals surface area contributed by atoms with Crippen molar-refractivity contribution in [3.63, 3.8) is 0 Å². The number of halogens is 1. The lowest BCUT2D eigenvalue weighted by Gasteiger charge is -2.35. The van der Waals surface area contributed by atoms with E-state index in [2.05, 4.69) is 44.5 Å². The van der Waals surface area contributed by atoms with Gasteiger partial charge in [0.25, 0.3) is 0 Å². The molecule has 2 aliphatic rings. The van der Waals surface area contributed by atoms with Crippen LogP contribution in [0.1, 0.15) is 23.2 Å². The number of nitriles is 1. The fourth-order valence-electron chi connectivity index (χ4n) is 3.78. The molecule has 0 radical (unpaired) electrons. The van der Waals surface area contributed by atoms with Gasteiger partial charge in [-0.25, -0.2) is 10.9 Å². The van der Waals surface area contributed by atoms with E-state index in [-0.39, 0.29) is 30.0 Å². The van der Waals surface area contributed by atoms with Crippen LogP contribution in [0.4, 0.5) is 0 Å². The third-order valence-electron chi connectivity index (χ3n) is 4.99. The Labute approximate surface area is 170 Å². The van der Waals surface area contributed by atoms with Crippen molar-refractivity contribution in [1.82, 2.24) is 15.8 Å². The van der Waals surface area contributed by atoms with Crippen LogP contribution in [-0.4, -0.2) is 18.3 Å². The van der Waals surface area contributed by atoms with Gasteiger partial charge in [0.1, 0.15) is 11.8 Å². The van der Waals surface area contributed by atoms with Crippen LogP contribution in [0.2, 0.25) is 0 Å². The van der Waals surface area contributed by atoms with Crippen LogP contribution in [0.3, 0.4) is 0 Å². The molecule has 1 saturated heterocycles. The van der Waals surface area contributed by atoms with E-state index in [1.165, 1.54) is 0 Å². The third-order valence-corrected chi connectivity index (χ3v) is 5.84. The number of nitrogens with zero attached hydrogens (tertiary/aromatic N) is 2. The van der Waals surface area contributed by atoms with Gasteiger partial charge in [-0.15, -0.1) is 0 Å². The molecule has 0 amide bonds. The van der Waals surface area contributed by atoms with Gasteiger partial charge in [-0.2, -0.15) is 5.26 Å². The molecule has 3 heterocycles. The minimum atomic E-state index is -0.362. The number of allylic oxidation sites excluding steroid dienone is 1. The van der Waals surface area contributed by atoms with Crippen molar-refractivity contribution in [1.29, 1.82) is 5.26 Å². The number of hydrogen-bond donors (Lipinski definition) is 3. The molecule has 2 aromatic rings. The van der Waals surface area contributed by atoms with Crippen molar-refractivity contribution >= 4 is 22.6 Å². The summed E-state index contributed by atoms with van der Waals surface area (Å²) in [6.45, 7) is 0. The van der Waals surface area contributed by atoms with Crippen molar-refractivity contribution in [2.75, 3.05) is 7.11 Å². The molecule has 2 aliphatic heterocycles. The molecule has 1 fully saturated rings. The van der Waals surface area contributed by atoms with Crippen LogP contribution >= 0.6 is 22.6 Å². The molecule has 1 aromatic heterocycles.